The van der Waals surface area contributed by atoms with E-state index < -0.39 is 18.6 Å². The molecule has 0 saturated heterocycles. The summed E-state index contributed by atoms with van der Waals surface area (Å²) in [6.45, 7) is -0.543. The summed E-state index contributed by atoms with van der Waals surface area (Å²) in [6, 6.07) is 5.56. The maximum Gasteiger partial charge on any atom is 0.387 e. The molecular formula is C15H16F2N4O3. The summed E-state index contributed by atoms with van der Waals surface area (Å²) in [5.74, 6) is 0.357. The molecule has 9 heteroatoms. The Morgan fingerprint density at radius 1 is 1.42 bits per heavy atom. The summed E-state index contributed by atoms with van der Waals surface area (Å²) in [7, 11) is 0. The third-order valence-corrected chi connectivity index (χ3v) is 4.00. The van der Waals surface area contributed by atoms with Crippen LogP contribution in [0.5, 0.6) is 5.75 Å². The molecule has 7 nitrogen and oxygen atoms in total. The van der Waals surface area contributed by atoms with Crippen molar-refractivity contribution in [3.05, 3.63) is 41.5 Å². The molecular weight excluding hydrogens is 322 g/mol. The van der Waals surface area contributed by atoms with Gasteiger partial charge in [0.15, 0.2) is 0 Å². The molecule has 1 atom stereocenters. The number of carbonyl (C=O) groups is 1. The topological polar surface area (TPSA) is 80.5 Å². The van der Waals surface area contributed by atoms with Gasteiger partial charge in [-0.05, 0) is 13.0 Å². The Hall–Kier alpha value is -2.55. The molecule has 1 aromatic heterocycles. The van der Waals surface area contributed by atoms with Gasteiger partial charge in [0.2, 0.25) is 0 Å². The molecule has 24 heavy (non-hydrogen) atoms. The number of halogens is 2. The molecule has 1 N–H and O–H groups in total. The van der Waals surface area contributed by atoms with Crippen LogP contribution in [0.25, 0.3) is 0 Å². The summed E-state index contributed by atoms with van der Waals surface area (Å²) in [6.07, 6.45) is 0. The highest BCUT2D eigenvalue weighted by molar-refractivity contribution is 5.73. The number of nitrogens with zero attached hydrogens (tertiary/aromatic N) is 4. The van der Waals surface area contributed by atoms with Gasteiger partial charge in [0.1, 0.15) is 23.4 Å². The van der Waals surface area contributed by atoms with E-state index in [0.717, 1.165) is 0 Å². The second kappa shape index (κ2) is 6.52. The van der Waals surface area contributed by atoms with Gasteiger partial charge in [-0.1, -0.05) is 18.2 Å². The van der Waals surface area contributed by atoms with Crippen molar-refractivity contribution in [3.63, 3.8) is 0 Å². The number of carboxylic acids is 1. The lowest BCUT2D eigenvalue weighted by Gasteiger charge is -2.33. The molecule has 0 amide bonds. The number of carboxylic acid groups (broad SMARTS) is 1. The fourth-order valence-electron chi connectivity index (χ4n) is 2.82. The highest BCUT2D eigenvalue weighted by Crippen LogP contribution is 2.26. The number of fused-ring (bicyclic) bond motifs is 1. The first-order chi connectivity index (χ1) is 11.5. The van der Waals surface area contributed by atoms with E-state index in [1.165, 1.54) is 6.07 Å². The number of rotatable bonds is 5. The van der Waals surface area contributed by atoms with Crippen LogP contribution >= 0.6 is 0 Å². The monoisotopic (exact) mass is 338 g/mol. The Morgan fingerprint density at radius 3 is 2.88 bits per heavy atom. The van der Waals surface area contributed by atoms with Crippen LogP contribution in [0.15, 0.2) is 24.3 Å². The van der Waals surface area contributed by atoms with Gasteiger partial charge < -0.3 is 14.4 Å². The molecule has 1 aliphatic heterocycles. The molecule has 1 aliphatic rings. The van der Waals surface area contributed by atoms with E-state index in [-0.39, 0.29) is 25.4 Å². The zero-order chi connectivity index (χ0) is 17.3. The highest BCUT2D eigenvalue weighted by Gasteiger charge is 2.33. The summed E-state index contributed by atoms with van der Waals surface area (Å²) in [5.41, 5.74) is 0.494. The summed E-state index contributed by atoms with van der Waals surface area (Å²) in [5, 5.41) is 17.5. The van der Waals surface area contributed by atoms with Crippen LogP contribution in [0.2, 0.25) is 0 Å². The Balaban J connectivity index is 1.87. The van der Waals surface area contributed by atoms with Crippen LogP contribution in [-0.2, 0) is 24.4 Å². The van der Waals surface area contributed by atoms with Crippen LogP contribution in [0.4, 0.5) is 8.78 Å². The predicted molar refractivity (Wildman–Crippen MR) is 78.5 cm³/mol. The first kappa shape index (κ1) is 16.3. The predicted octanol–water partition coefficient (Wildman–Crippen LogP) is 1.66. The van der Waals surface area contributed by atoms with E-state index in [1.54, 1.807) is 34.6 Å². The smallest absolute Gasteiger partial charge is 0.387 e. The highest BCUT2D eigenvalue weighted by atomic mass is 19.3. The van der Waals surface area contributed by atoms with Crippen molar-refractivity contribution >= 4 is 5.97 Å². The van der Waals surface area contributed by atoms with Crippen LogP contribution in [0, 0.1) is 6.92 Å². The lowest BCUT2D eigenvalue weighted by atomic mass is 10.1. The average molecular weight is 338 g/mol. The van der Waals surface area contributed by atoms with Gasteiger partial charge in [0.05, 0.1) is 13.1 Å². The maximum absolute atomic E-state index is 12.5. The summed E-state index contributed by atoms with van der Waals surface area (Å²) >= 11 is 0. The van der Waals surface area contributed by atoms with Gasteiger partial charge in [-0.2, -0.15) is 8.78 Å². The average Bonchev–Trinajstić information content (AvgIpc) is 2.88. The van der Waals surface area contributed by atoms with Crippen molar-refractivity contribution in [1.82, 2.24) is 19.7 Å². The Bertz CT molecular complexity index is 750. The normalized spacial score (nSPS) is 17.8. The minimum atomic E-state index is -2.94. The minimum Gasteiger partial charge on any atom is -0.480 e. The molecule has 1 unspecified atom stereocenters. The Morgan fingerprint density at radius 2 is 2.17 bits per heavy atom. The number of aryl methyl sites for hydroxylation is 1. The number of benzene rings is 1. The molecule has 0 spiro atoms. The number of aromatic nitrogens is 3. The number of hydrogen-bond donors (Lipinski definition) is 1. The fourth-order valence-corrected chi connectivity index (χ4v) is 2.82. The van der Waals surface area contributed by atoms with Gasteiger partial charge in [0, 0.05) is 12.1 Å². The molecule has 0 bridgehead atoms. The standard InChI is InChI=1S/C15H16F2N4O3/c1-9-18-19-13-8-20(11(14(22)23)7-21(9)13)6-10-4-2-3-5-12(10)24-15(16)17/h2-5,11,15H,6-8H2,1H3,(H,22,23). The van der Waals surface area contributed by atoms with Crippen molar-refractivity contribution in [2.24, 2.45) is 0 Å². The molecule has 1 aromatic carbocycles. The lowest BCUT2D eigenvalue weighted by molar-refractivity contribution is -0.145. The van der Waals surface area contributed by atoms with Crippen LogP contribution in [-0.4, -0.2) is 43.4 Å². The number of ether oxygens (including phenoxy) is 1. The number of hydrogen-bond acceptors (Lipinski definition) is 5. The van der Waals surface area contributed by atoms with Gasteiger partial charge in [-0.3, -0.25) is 9.69 Å². The van der Waals surface area contributed by atoms with E-state index in [4.69, 9.17) is 0 Å². The number of aliphatic carboxylic acids is 1. The first-order valence-corrected chi connectivity index (χ1v) is 7.34. The first-order valence-electron chi connectivity index (χ1n) is 7.34. The molecule has 2 heterocycles. The summed E-state index contributed by atoms with van der Waals surface area (Å²) in [4.78, 5) is 13.3. The van der Waals surface area contributed by atoms with Gasteiger partial charge in [-0.15, -0.1) is 10.2 Å². The second-order valence-corrected chi connectivity index (χ2v) is 5.52. The third-order valence-electron chi connectivity index (χ3n) is 4.00. The van der Waals surface area contributed by atoms with E-state index in [0.29, 0.717) is 17.2 Å². The Labute approximate surface area is 136 Å². The second-order valence-electron chi connectivity index (χ2n) is 5.52. The number of para-hydroxylation sites is 1. The summed E-state index contributed by atoms with van der Waals surface area (Å²) < 4.78 is 31.3. The molecule has 128 valence electrons. The fraction of sp³-hybridized carbons (Fsp3) is 0.400. The van der Waals surface area contributed by atoms with E-state index in [1.807, 2.05) is 0 Å². The molecule has 0 radical (unpaired) electrons. The van der Waals surface area contributed by atoms with Crippen molar-refractivity contribution in [2.45, 2.75) is 39.2 Å². The molecule has 2 aromatic rings. The molecule has 0 fully saturated rings. The zero-order valence-corrected chi connectivity index (χ0v) is 12.9. The van der Waals surface area contributed by atoms with E-state index in [9.17, 15) is 18.7 Å². The molecule has 0 saturated carbocycles. The molecule has 0 aliphatic carbocycles. The minimum absolute atomic E-state index is 0.0415. The maximum atomic E-state index is 12.5. The van der Waals surface area contributed by atoms with Gasteiger partial charge in [-0.25, -0.2) is 0 Å². The molecule has 3 rings (SSSR count). The van der Waals surface area contributed by atoms with Crippen LogP contribution in [0.3, 0.4) is 0 Å². The van der Waals surface area contributed by atoms with Crippen molar-refractivity contribution in [1.29, 1.82) is 0 Å². The van der Waals surface area contributed by atoms with Crippen LogP contribution in [0.1, 0.15) is 17.2 Å². The largest absolute Gasteiger partial charge is 0.480 e. The zero-order valence-electron chi connectivity index (χ0n) is 12.9. The quantitative estimate of drug-likeness (QED) is 0.893. The van der Waals surface area contributed by atoms with Gasteiger partial charge in [0.25, 0.3) is 0 Å². The van der Waals surface area contributed by atoms with Crippen molar-refractivity contribution in [2.75, 3.05) is 0 Å². The van der Waals surface area contributed by atoms with Gasteiger partial charge >= 0.3 is 12.6 Å². The van der Waals surface area contributed by atoms with Crippen LogP contribution < -0.4 is 4.74 Å². The van der Waals surface area contributed by atoms with E-state index >= 15 is 0 Å². The lowest BCUT2D eigenvalue weighted by Crippen LogP contribution is -2.47. The SMILES string of the molecule is Cc1nnc2n1CC(C(=O)O)N(Cc1ccccc1OC(F)F)C2. The van der Waals surface area contributed by atoms with E-state index in [2.05, 4.69) is 14.9 Å². The Kier molecular flexibility index (Phi) is 4.43. The number of alkyl halides is 2. The van der Waals surface area contributed by atoms with Crippen molar-refractivity contribution < 1.29 is 23.4 Å². The third kappa shape index (κ3) is 3.21. The van der Waals surface area contributed by atoms with Crippen molar-refractivity contribution in [3.8, 4) is 5.75 Å².